The van der Waals surface area contributed by atoms with Crippen molar-refractivity contribution in [2.24, 2.45) is 0 Å². The predicted octanol–water partition coefficient (Wildman–Crippen LogP) is 3.20. The van der Waals surface area contributed by atoms with Gasteiger partial charge in [-0.05, 0) is 12.1 Å². The number of carbonyl (C=O) groups excluding carboxylic acids is 1. The molecule has 3 nitrogen and oxygen atoms in total. The first-order valence-electron chi connectivity index (χ1n) is 4.39. The zero-order valence-corrected chi connectivity index (χ0v) is 8.78. The second kappa shape index (κ2) is 3.87. The van der Waals surface area contributed by atoms with Crippen molar-refractivity contribution in [1.82, 2.24) is 4.98 Å². The molecule has 1 heterocycles. The van der Waals surface area contributed by atoms with Crippen LogP contribution >= 0.6 is 11.6 Å². The van der Waals surface area contributed by atoms with E-state index in [0.29, 0.717) is 16.5 Å². The van der Waals surface area contributed by atoms with Crippen LogP contribution in [0.25, 0.3) is 11.3 Å². The first-order valence-corrected chi connectivity index (χ1v) is 4.76. The molecule has 0 N–H and O–H groups in total. The van der Waals surface area contributed by atoms with Gasteiger partial charge in [0.15, 0.2) is 23.6 Å². The highest BCUT2D eigenvalue weighted by Gasteiger charge is 2.14. The average Bonchev–Trinajstić information content (AvgIpc) is 2.65. The van der Waals surface area contributed by atoms with E-state index in [4.69, 9.17) is 16.0 Å². The van der Waals surface area contributed by atoms with E-state index in [1.54, 1.807) is 18.2 Å². The van der Waals surface area contributed by atoms with Gasteiger partial charge in [0.05, 0.1) is 0 Å². The fourth-order valence-corrected chi connectivity index (χ4v) is 1.52. The molecule has 0 unspecified atom stereocenters. The third-order valence-electron chi connectivity index (χ3n) is 1.99. The van der Waals surface area contributed by atoms with Crippen LogP contribution in [0.15, 0.2) is 35.1 Å². The third kappa shape index (κ3) is 1.92. The Morgan fingerprint density at radius 1 is 1.47 bits per heavy atom. The summed E-state index contributed by atoms with van der Waals surface area (Å²) in [6.07, 6.45) is 1.26. The molecule has 1 aromatic carbocycles. The minimum atomic E-state index is -0.126. The summed E-state index contributed by atoms with van der Waals surface area (Å²) in [6, 6.07) is 7.10. The molecular weight excluding hydrogens is 214 g/mol. The summed E-state index contributed by atoms with van der Waals surface area (Å²) in [4.78, 5) is 15.1. The largest absolute Gasteiger partial charge is 0.443 e. The molecule has 2 aromatic rings. The van der Waals surface area contributed by atoms with E-state index in [1.807, 2.05) is 6.07 Å². The van der Waals surface area contributed by atoms with Crippen molar-refractivity contribution >= 4 is 17.4 Å². The molecular formula is C11H8ClNO2. The Morgan fingerprint density at radius 3 is 2.93 bits per heavy atom. The lowest BCUT2D eigenvalue weighted by molar-refractivity contribution is 0.101. The van der Waals surface area contributed by atoms with Crippen LogP contribution in [0.2, 0.25) is 5.02 Å². The van der Waals surface area contributed by atoms with Crippen LogP contribution in [0.1, 0.15) is 17.4 Å². The molecule has 0 aliphatic rings. The Bertz CT molecular complexity index is 505. The van der Waals surface area contributed by atoms with Gasteiger partial charge in [-0.15, -0.1) is 0 Å². The quantitative estimate of drug-likeness (QED) is 0.732. The fourth-order valence-electron chi connectivity index (χ4n) is 1.33. The number of ketones is 1. The highest BCUT2D eigenvalue weighted by atomic mass is 35.5. The number of halogens is 1. The summed E-state index contributed by atoms with van der Waals surface area (Å²) in [5.41, 5.74) is 1.09. The first kappa shape index (κ1) is 9.93. The molecule has 0 aliphatic carbocycles. The average molecular weight is 222 g/mol. The van der Waals surface area contributed by atoms with Crippen molar-refractivity contribution in [3.63, 3.8) is 0 Å². The van der Waals surface area contributed by atoms with Crippen molar-refractivity contribution < 1.29 is 9.21 Å². The number of rotatable bonds is 2. The minimum Gasteiger partial charge on any atom is -0.443 e. The smallest absolute Gasteiger partial charge is 0.182 e. The standard InChI is InChI=1S/C11H8ClNO2/c1-7(14)10-11(15-6-13-10)8-3-2-4-9(12)5-8/h2-6H,1H3. The number of aromatic nitrogens is 1. The lowest BCUT2D eigenvalue weighted by Crippen LogP contribution is -1.94. The van der Waals surface area contributed by atoms with Crippen LogP contribution < -0.4 is 0 Å². The summed E-state index contributed by atoms with van der Waals surface area (Å²) in [5.74, 6) is 0.337. The van der Waals surface area contributed by atoms with Gasteiger partial charge in [0.2, 0.25) is 0 Å². The number of oxazole rings is 1. The van der Waals surface area contributed by atoms with Gasteiger partial charge in [0.25, 0.3) is 0 Å². The molecule has 0 saturated heterocycles. The van der Waals surface area contributed by atoms with Gasteiger partial charge in [-0.2, -0.15) is 0 Å². The minimum absolute atomic E-state index is 0.126. The van der Waals surface area contributed by atoms with E-state index < -0.39 is 0 Å². The van der Waals surface area contributed by atoms with Crippen molar-refractivity contribution in [1.29, 1.82) is 0 Å². The molecule has 76 valence electrons. The van der Waals surface area contributed by atoms with Crippen molar-refractivity contribution in [3.8, 4) is 11.3 Å². The van der Waals surface area contributed by atoms with Gasteiger partial charge in [-0.25, -0.2) is 4.98 Å². The third-order valence-corrected chi connectivity index (χ3v) is 2.22. The maximum atomic E-state index is 11.2. The molecule has 2 rings (SSSR count). The SMILES string of the molecule is CC(=O)c1ncoc1-c1cccc(Cl)c1. The van der Waals surface area contributed by atoms with E-state index in [9.17, 15) is 4.79 Å². The molecule has 0 spiro atoms. The predicted molar refractivity (Wildman–Crippen MR) is 57.0 cm³/mol. The lowest BCUT2D eigenvalue weighted by atomic mass is 10.1. The summed E-state index contributed by atoms with van der Waals surface area (Å²) in [5, 5.41) is 0.596. The zero-order chi connectivity index (χ0) is 10.8. The Kier molecular flexibility index (Phi) is 2.56. The number of benzene rings is 1. The monoisotopic (exact) mass is 221 g/mol. The summed E-state index contributed by atoms with van der Waals surface area (Å²) >= 11 is 5.85. The van der Waals surface area contributed by atoms with Crippen LogP contribution in [0, 0.1) is 0 Å². The second-order valence-corrected chi connectivity index (χ2v) is 3.53. The van der Waals surface area contributed by atoms with Gasteiger partial charge in [-0.1, -0.05) is 23.7 Å². The molecule has 0 radical (unpaired) electrons. The molecule has 0 bridgehead atoms. The van der Waals surface area contributed by atoms with Crippen molar-refractivity contribution in [3.05, 3.63) is 41.4 Å². The summed E-state index contributed by atoms with van der Waals surface area (Å²) in [7, 11) is 0. The molecule has 0 aliphatic heterocycles. The van der Waals surface area contributed by atoms with E-state index in [-0.39, 0.29) is 5.78 Å². The maximum absolute atomic E-state index is 11.2. The Labute approximate surface area is 91.7 Å². The highest BCUT2D eigenvalue weighted by molar-refractivity contribution is 6.30. The molecule has 0 saturated carbocycles. The maximum Gasteiger partial charge on any atom is 0.182 e. The van der Waals surface area contributed by atoms with E-state index in [0.717, 1.165) is 5.56 Å². The topological polar surface area (TPSA) is 43.1 Å². The van der Waals surface area contributed by atoms with Gasteiger partial charge in [0, 0.05) is 17.5 Å². The Hall–Kier alpha value is -1.61. The first-order chi connectivity index (χ1) is 7.18. The molecule has 0 amide bonds. The number of carbonyl (C=O) groups is 1. The van der Waals surface area contributed by atoms with Crippen LogP contribution in [-0.4, -0.2) is 10.8 Å². The fraction of sp³-hybridized carbons (Fsp3) is 0.0909. The number of hydrogen-bond acceptors (Lipinski definition) is 3. The number of nitrogens with zero attached hydrogens (tertiary/aromatic N) is 1. The Morgan fingerprint density at radius 2 is 2.27 bits per heavy atom. The van der Waals surface area contributed by atoms with E-state index in [2.05, 4.69) is 4.98 Å². The van der Waals surface area contributed by atoms with Gasteiger partial charge in [-0.3, -0.25) is 4.79 Å². The summed E-state index contributed by atoms with van der Waals surface area (Å²) in [6.45, 7) is 1.45. The lowest BCUT2D eigenvalue weighted by Gasteiger charge is -1.98. The normalized spacial score (nSPS) is 10.3. The van der Waals surface area contributed by atoms with Gasteiger partial charge in [0.1, 0.15) is 0 Å². The molecule has 4 heteroatoms. The van der Waals surface area contributed by atoms with Gasteiger partial charge < -0.3 is 4.42 Å². The molecule has 0 fully saturated rings. The number of Topliss-reactive ketones (excluding diaryl/α,β-unsaturated/α-hetero) is 1. The van der Waals surface area contributed by atoms with Crippen LogP contribution in [0.3, 0.4) is 0 Å². The van der Waals surface area contributed by atoms with Crippen molar-refractivity contribution in [2.45, 2.75) is 6.92 Å². The number of hydrogen-bond donors (Lipinski definition) is 0. The molecule has 15 heavy (non-hydrogen) atoms. The zero-order valence-electron chi connectivity index (χ0n) is 8.03. The summed E-state index contributed by atoms with van der Waals surface area (Å²) < 4.78 is 5.18. The van der Waals surface area contributed by atoms with Crippen LogP contribution in [0.4, 0.5) is 0 Å². The molecule has 0 atom stereocenters. The Balaban J connectivity index is 2.54. The highest BCUT2D eigenvalue weighted by Crippen LogP contribution is 2.25. The van der Waals surface area contributed by atoms with Gasteiger partial charge >= 0.3 is 0 Å². The second-order valence-electron chi connectivity index (χ2n) is 3.10. The van der Waals surface area contributed by atoms with E-state index in [1.165, 1.54) is 13.3 Å². The molecule has 1 aromatic heterocycles. The van der Waals surface area contributed by atoms with Crippen LogP contribution in [-0.2, 0) is 0 Å². The van der Waals surface area contributed by atoms with E-state index >= 15 is 0 Å². The van der Waals surface area contributed by atoms with Crippen LogP contribution in [0.5, 0.6) is 0 Å². The van der Waals surface area contributed by atoms with Crippen molar-refractivity contribution in [2.75, 3.05) is 0 Å².